The van der Waals surface area contributed by atoms with Gasteiger partial charge in [-0.25, -0.2) is 0 Å². The number of carbonyl (C=O) groups excluding carboxylic acids is 1. The van der Waals surface area contributed by atoms with Crippen molar-refractivity contribution in [2.75, 3.05) is 6.54 Å². The van der Waals surface area contributed by atoms with Crippen LogP contribution in [0.25, 0.3) is 16.8 Å². The quantitative estimate of drug-likeness (QED) is 0.783. The standard InChI is InChI=1S/C16H15NO/c18-16-9-4-11-17(16)12-10-14-7-3-6-13-5-1-2-8-15(13)14/h1-3,5-8,10,12H,4,9,11H2/b12-10+. The smallest absolute Gasteiger partial charge is 0.226 e. The lowest BCUT2D eigenvalue weighted by molar-refractivity contribution is -0.125. The van der Waals surface area contributed by atoms with E-state index < -0.39 is 0 Å². The largest absolute Gasteiger partial charge is 0.319 e. The van der Waals surface area contributed by atoms with Gasteiger partial charge >= 0.3 is 0 Å². The van der Waals surface area contributed by atoms with E-state index in [-0.39, 0.29) is 5.91 Å². The van der Waals surface area contributed by atoms with Gasteiger partial charge in [-0.3, -0.25) is 4.79 Å². The van der Waals surface area contributed by atoms with Crippen LogP contribution in [0.5, 0.6) is 0 Å². The van der Waals surface area contributed by atoms with Gasteiger partial charge < -0.3 is 4.90 Å². The van der Waals surface area contributed by atoms with Crippen LogP contribution < -0.4 is 0 Å². The van der Waals surface area contributed by atoms with Gasteiger partial charge in [0.2, 0.25) is 5.91 Å². The van der Waals surface area contributed by atoms with Gasteiger partial charge in [0.05, 0.1) is 0 Å². The molecule has 1 fully saturated rings. The normalized spacial score (nSPS) is 16.0. The van der Waals surface area contributed by atoms with Crippen molar-refractivity contribution in [3.63, 3.8) is 0 Å². The number of amides is 1. The van der Waals surface area contributed by atoms with Crippen molar-refractivity contribution in [1.29, 1.82) is 0 Å². The number of rotatable bonds is 2. The maximum Gasteiger partial charge on any atom is 0.226 e. The zero-order chi connectivity index (χ0) is 12.4. The van der Waals surface area contributed by atoms with Gasteiger partial charge in [-0.2, -0.15) is 0 Å². The van der Waals surface area contributed by atoms with Crippen LogP contribution in [-0.2, 0) is 4.79 Å². The van der Waals surface area contributed by atoms with Gasteiger partial charge in [0.15, 0.2) is 0 Å². The first-order chi connectivity index (χ1) is 8.84. The molecule has 2 heteroatoms. The summed E-state index contributed by atoms with van der Waals surface area (Å²) in [7, 11) is 0. The van der Waals surface area contributed by atoms with Crippen LogP contribution in [-0.4, -0.2) is 17.4 Å². The van der Waals surface area contributed by atoms with Gasteiger partial charge in [-0.1, -0.05) is 42.5 Å². The molecule has 1 amide bonds. The Morgan fingerprint density at radius 2 is 1.89 bits per heavy atom. The van der Waals surface area contributed by atoms with Gasteiger partial charge in [-0.05, 0) is 28.8 Å². The highest BCUT2D eigenvalue weighted by Crippen LogP contribution is 2.20. The Hall–Kier alpha value is -2.09. The molecule has 2 aromatic rings. The fourth-order valence-corrected chi connectivity index (χ4v) is 2.39. The Labute approximate surface area is 107 Å². The minimum Gasteiger partial charge on any atom is -0.319 e. The molecule has 0 bridgehead atoms. The molecule has 0 spiro atoms. The zero-order valence-corrected chi connectivity index (χ0v) is 10.2. The highest BCUT2D eigenvalue weighted by molar-refractivity contribution is 5.91. The summed E-state index contributed by atoms with van der Waals surface area (Å²) in [5, 5.41) is 2.45. The summed E-state index contributed by atoms with van der Waals surface area (Å²) in [6, 6.07) is 14.5. The van der Waals surface area contributed by atoms with Crippen molar-refractivity contribution in [2.24, 2.45) is 0 Å². The number of likely N-dealkylation sites (tertiary alicyclic amines) is 1. The third kappa shape index (κ3) is 2.02. The highest BCUT2D eigenvalue weighted by atomic mass is 16.2. The van der Waals surface area contributed by atoms with Crippen molar-refractivity contribution in [1.82, 2.24) is 4.90 Å². The molecule has 18 heavy (non-hydrogen) atoms. The number of hydrogen-bond donors (Lipinski definition) is 0. The fraction of sp³-hybridized carbons (Fsp3) is 0.188. The predicted molar refractivity (Wildman–Crippen MR) is 73.9 cm³/mol. The molecule has 90 valence electrons. The second kappa shape index (κ2) is 4.65. The average Bonchev–Trinajstić information content (AvgIpc) is 2.82. The molecule has 0 aromatic heterocycles. The summed E-state index contributed by atoms with van der Waals surface area (Å²) in [5.41, 5.74) is 1.16. The van der Waals surface area contributed by atoms with E-state index in [4.69, 9.17) is 0 Å². The number of fused-ring (bicyclic) bond motifs is 1. The van der Waals surface area contributed by atoms with E-state index in [2.05, 4.69) is 24.3 Å². The molecule has 0 atom stereocenters. The number of carbonyl (C=O) groups is 1. The SMILES string of the molecule is O=C1CCCN1/C=C/c1cccc2ccccc12. The molecule has 0 unspecified atom stereocenters. The summed E-state index contributed by atoms with van der Waals surface area (Å²) < 4.78 is 0. The molecule has 0 saturated carbocycles. The van der Waals surface area contributed by atoms with E-state index in [1.807, 2.05) is 35.4 Å². The second-order valence-corrected chi connectivity index (χ2v) is 4.57. The Morgan fingerprint density at radius 3 is 2.72 bits per heavy atom. The molecule has 0 radical (unpaired) electrons. The van der Waals surface area contributed by atoms with Crippen LogP contribution in [0.2, 0.25) is 0 Å². The van der Waals surface area contributed by atoms with Crippen LogP contribution in [0, 0.1) is 0 Å². The zero-order valence-electron chi connectivity index (χ0n) is 10.2. The van der Waals surface area contributed by atoms with Crippen LogP contribution >= 0.6 is 0 Å². The van der Waals surface area contributed by atoms with Gasteiger partial charge in [0.25, 0.3) is 0 Å². The molecule has 0 aliphatic carbocycles. The maximum absolute atomic E-state index is 11.5. The summed E-state index contributed by atoms with van der Waals surface area (Å²) in [5.74, 6) is 0.228. The molecule has 1 saturated heterocycles. The van der Waals surface area contributed by atoms with Gasteiger partial charge in [0, 0.05) is 19.2 Å². The third-order valence-corrected chi connectivity index (χ3v) is 3.37. The van der Waals surface area contributed by atoms with E-state index in [0.717, 1.165) is 18.5 Å². The molecule has 2 nitrogen and oxygen atoms in total. The molecule has 1 aliphatic heterocycles. The van der Waals surface area contributed by atoms with Crippen molar-refractivity contribution >= 4 is 22.8 Å². The fourth-order valence-electron chi connectivity index (χ4n) is 2.39. The molecule has 0 N–H and O–H groups in total. The van der Waals surface area contributed by atoms with Crippen molar-refractivity contribution in [2.45, 2.75) is 12.8 Å². The lowest BCUT2D eigenvalue weighted by atomic mass is 10.0. The Balaban J connectivity index is 1.95. The van der Waals surface area contributed by atoms with E-state index in [0.29, 0.717) is 6.42 Å². The topological polar surface area (TPSA) is 20.3 Å². The van der Waals surface area contributed by atoms with E-state index in [1.165, 1.54) is 10.8 Å². The first-order valence-electron chi connectivity index (χ1n) is 6.30. The van der Waals surface area contributed by atoms with Crippen molar-refractivity contribution in [3.05, 3.63) is 54.2 Å². The predicted octanol–water partition coefficient (Wildman–Crippen LogP) is 3.43. The van der Waals surface area contributed by atoms with E-state index in [9.17, 15) is 4.79 Å². The first kappa shape index (κ1) is 11.0. The van der Waals surface area contributed by atoms with Crippen LogP contribution in [0.1, 0.15) is 18.4 Å². The monoisotopic (exact) mass is 237 g/mol. The Bertz CT molecular complexity index is 610. The molecular formula is C16H15NO. The van der Waals surface area contributed by atoms with Gasteiger partial charge in [0.1, 0.15) is 0 Å². The number of hydrogen-bond acceptors (Lipinski definition) is 1. The summed E-state index contributed by atoms with van der Waals surface area (Å²) in [6.07, 6.45) is 5.60. The minimum absolute atomic E-state index is 0.228. The van der Waals surface area contributed by atoms with Crippen molar-refractivity contribution < 1.29 is 4.79 Å². The molecule has 3 rings (SSSR count). The van der Waals surface area contributed by atoms with Gasteiger partial charge in [-0.15, -0.1) is 0 Å². The van der Waals surface area contributed by atoms with E-state index in [1.54, 1.807) is 0 Å². The highest BCUT2D eigenvalue weighted by Gasteiger charge is 2.17. The van der Waals surface area contributed by atoms with Crippen LogP contribution in [0.15, 0.2) is 48.7 Å². The number of nitrogens with zero attached hydrogens (tertiary/aromatic N) is 1. The first-order valence-corrected chi connectivity index (χ1v) is 6.30. The Morgan fingerprint density at radius 1 is 1.06 bits per heavy atom. The molecule has 1 heterocycles. The second-order valence-electron chi connectivity index (χ2n) is 4.57. The Kier molecular flexibility index (Phi) is 2.85. The molecule has 2 aromatic carbocycles. The summed E-state index contributed by atoms with van der Waals surface area (Å²) >= 11 is 0. The lowest BCUT2D eigenvalue weighted by Gasteiger charge is -2.09. The molecular weight excluding hydrogens is 222 g/mol. The van der Waals surface area contributed by atoms with E-state index >= 15 is 0 Å². The minimum atomic E-state index is 0.228. The third-order valence-electron chi connectivity index (χ3n) is 3.37. The maximum atomic E-state index is 11.5. The van der Waals surface area contributed by atoms with Crippen LogP contribution in [0.3, 0.4) is 0 Å². The molecule has 1 aliphatic rings. The van der Waals surface area contributed by atoms with Crippen LogP contribution in [0.4, 0.5) is 0 Å². The number of benzene rings is 2. The summed E-state index contributed by atoms with van der Waals surface area (Å²) in [4.78, 5) is 13.3. The average molecular weight is 237 g/mol. The van der Waals surface area contributed by atoms with Crippen molar-refractivity contribution in [3.8, 4) is 0 Å². The lowest BCUT2D eigenvalue weighted by Crippen LogP contribution is -2.16. The summed E-state index contributed by atoms with van der Waals surface area (Å²) in [6.45, 7) is 0.847.